The Morgan fingerprint density at radius 3 is 3.11 bits per heavy atom. The summed E-state index contributed by atoms with van der Waals surface area (Å²) in [4.78, 5) is 16.1. The number of carbonyl (C=O) groups is 1. The molecule has 18 heavy (non-hydrogen) atoms. The van der Waals surface area contributed by atoms with Crippen molar-refractivity contribution in [2.45, 2.75) is 30.4 Å². The minimum Gasteiger partial charge on any atom is -0.393 e. The zero-order chi connectivity index (χ0) is 13.0. The fourth-order valence-electron chi connectivity index (χ4n) is 2.24. The maximum atomic E-state index is 11.9. The molecule has 1 amide bonds. The smallest absolute Gasteiger partial charge is 0.251 e. The van der Waals surface area contributed by atoms with Crippen molar-refractivity contribution >= 4 is 17.7 Å². The van der Waals surface area contributed by atoms with E-state index in [4.69, 9.17) is 0 Å². The molecule has 0 radical (unpaired) electrons. The van der Waals surface area contributed by atoms with E-state index in [1.807, 2.05) is 6.26 Å². The molecule has 0 spiro atoms. The summed E-state index contributed by atoms with van der Waals surface area (Å²) in [6.45, 7) is 0.553. The lowest BCUT2D eigenvalue weighted by molar-refractivity contribution is 0.0916. The number of amides is 1. The van der Waals surface area contributed by atoms with Gasteiger partial charge in [0, 0.05) is 24.2 Å². The first-order valence-corrected chi connectivity index (χ1v) is 7.39. The number of aromatic nitrogens is 1. The van der Waals surface area contributed by atoms with Crippen molar-refractivity contribution in [2.75, 3.05) is 12.8 Å². The Bertz CT molecular complexity index is 425. The van der Waals surface area contributed by atoms with Gasteiger partial charge in [-0.05, 0) is 31.2 Å². The maximum absolute atomic E-state index is 11.9. The average molecular weight is 266 g/mol. The standard InChI is InChI=1S/C13H18N2O2S/c1-18-12-7-9(5-6-14-12)13(17)15-8-10-3-2-4-11(10)16/h5-7,10-11,16H,2-4,8H2,1H3,(H,15,17). The Labute approximate surface area is 111 Å². The molecule has 4 nitrogen and oxygen atoms in total. The van der Waals surface area contributed by atoms with Crippen molar-refractivity contribution < 1.29 is 9.90 Å². The van der Waals surface area contributed by atoms with E-state index in [0.29, 0.717) is 12.1 Å². The summed E-state index contributed by atoms with van der Waals surface area (Å²) >= 11 is 1.51. The monoisotopic (exact) mass is 266 g/mol. The Balaban J connectivity index is 1.90. The molecule has 0 saturated heterocycles. The number of nitrogens with zero attached hydrogens (tertiary/aromatic N) is 1. The summed E-state index contributed by atoms with van der Waals surface area (Å²) in [5, 5.41) is 13.4. The number of hydrogen-bond donors (Lipinski definition) is 2. The van der Waals surface area contributed by atoms with Crippen LogP contribution < -0.4 is 5.32 Å². The van der Waals surface area contributed by atoms with Crippen molar-refractivity contribution in [2.24, 2.45) is 5.92 Å². The number of aliphatic hydroxyl groups is 1. The van der Waals surface area contributed by atoms with Crippen LogP contribution in [0.2, 0.25) is 0 Å². The molecular formula is C13H18N2O2S. The van der Waals surface area contributed by atoms with E-state index >= 15 is 0 Å². The topological polar surface area (TPSA) is 62.2 Å². The molecule has 98 valence electrons. The van der Waals surface area contributed by atoms with Crippen molar-refractivity contribution in [1.29, 1.82) is 0 Å². The minimum atomic E-state index is -0.260. The molecule has 0 bridgehead atoms. The summed E-state index contributed by atoms with van der Waals surface area (Å²) in [6, 6.07) is 3.49. The summed E-state index contributed by atoms with van der Waals surface area (Å²) in [5.41, 5.74) is 0.627. The van der Waals surface area contributed by atoms with Gasteiger partial charge in [0.05, 0.1) is 11.1 Å². The highest BCUT2D eigenvalue weighted by Gasteiger charge is 2.25. The van der Waals surface area contributed by atoms with Gasteiger partial charge in [0.2, 0.25) is 0 Å². The molecule has 1 aliphatic carbocycles. The van der Waals surface area contributed by atoms with Gasteiger partial charge in [-0.15, -0.1) is 11.8 Å². The van der Waals surface area contributed by atoms with E-state index in [0.717, 1.165) is 24.3 Å². The SMILES string of the molecule is CSc1cc(C(=O)NCC2CCCC2O)ccn1. The highest BCUT2D eigenvalue weighted by atomic mass is 32.2. The first kappa shape index (κ1) is 13.4. The number of thioether (sulfide) groups is 1. The number of carbonyl (C=O) groups excluding carboxylic acids is 1. The molecule has 2 unspecified atom stereocenters. The van der Waals surface area contributed by atoms with Gasteiger partial charge in [0.1, 0.15) is 0 Å². The van der Waals surface area contributed by atoms with Crippen LogP contribution in [0.5, 0.6) is 0 Å². The summed E-state index contributed by atoms with van der Waals surface area (Å²) in [7, 11) is 0. The second-order valence-corrected chi connectivity index (χ2v) is 5.38. The molecule has 1 aromatic rings. The number of rotatable bonds is 4. The predicted octanol–water partition coefficient (Wildman–Crippen LogP) is 1.69. The third-order valence-electron chi connectivity index (χ3n) is 3.35. The van der Waals surface area contributed by atoms with Gasteiger partial charge in [-0.1, -0.05) is 6.42 Å². The van der Waals surface area contributed by atoms with Crippen molar-refractivity contribution in [3.8, 4) is 0 Å². The predicted molar refractivity (Wildman–Crippen MR) is 71.7 cm³/mol. The first-order chi connectivity index (χ1) is 8.70. The highest BCUT2D eigenvalue weighted by molar-refractivity contribution is 7.98. The summed E-state index contributed by atoms with van der Waals surface area (Å²) in [6.07, 6.45) is 6.21. The van der Waals surface area contributed by atoms with Crippen LogP contribution in [0.1, 0.15) is 29.6 Å². The van der Waals surface area contributed by atoms with Crippen LogP contribution in [-0.2, 0) is 0 Å². The molecule has 2 N–H and O–H groups in total. The van der Waals surface area contributed by atoms with Crippen molar-refractivity contribution in [3.05, 3.63) is 23.9 Å². The molecule has 1 aromatic heterocycles. The molecule has 1 fully saturated rings. The fourth-order valence-corrected chi connectivity index (χ4v) is 2.65. The van der Waals surface area contributed by atoms with Crippen LogP contribution in [0.4, 0.5) is 0 Å². The maximum Gasteiger partial charge on any atom is 0.251 e. The van der Waals surface area contributed by atoms with E-state index in [2.05, 4.69) is 10.3 Å². The molecule has 0 aromatic carbocycles. The van der Waals surface area contributed by atoms with E-state index in [1.165, 1.54) is 11.8 Å². The van der Waals surface area contributed by atoms with Gasteiger partial charge in [-0.2, -0.15) is 0 Å². The molecule has 1 aliphatic rings. The van der Waals surface area contributed by atoms with Crippen LogP contribution >= 0.6 is 11.8 Å². The van der Waals surface area contributed by atoms with Crippen LogP contribution in [0.25, 0.3) is 0 Å². The Morgan fingerprint density at radius 1 is 1.61 bits per heavy atom. The normalized spacial score (nSPS) is 23.0. The third kappa shape index (κ3) is 3.23. The Kier molecular flexibility index (Phi) is 4.60. The number of aliphatic hydroxyl groups excluding tert-OH is 1. The van der Waals surface area contributed by atoms with Gasteiger partial charge in [0.25, 0.3) is 5.91 Å². The zero-order valence-electron chi connectivity index (χ0n) is 10.4. The van der Waals surface area contributed by atoms with Gasteiger partial charge >= 0.3 is 0 Å². The average Bonchev–Trinajstić information content (AvgIpc) is 2.81. The molecule has 1 saturated carbocycles. The van der Waals surface area contributed by atoms with E-state index in [-0.39, 0.29) is 17.9 Å². The van der Waals surface area contributed by atoms with Crippen molar-refractivity contribution in [1.82, 2.24) is 10.3 Å². The number of nitrogens with one attached hydrogen (secondary N) is 1. The van der Waals surface area contributed by atoms with Gasteiger partial charge < -0.3 is 10.4 Å². The van der Waals surface area contributed by atoms with E-state index in [1.54, 1.807) is 18.3 Å². The van der Waals surface area contributed by atoms with E-state index in [9.17, 15) is 9.90 Å². The lowest BCUT2D eigenvalue weighted by Gasteiger charge is -2.15. The fraction of sp³-hybridized carbons (Fsp3) is 0.538. The van der Waals surface area contributed by atoms with Gasteiger partial charge in [0.15, 0.2) is 0 Å². The largest absolute Gasteiger partial charge is 0.393 e. The number of hydrogen-bond acceptors (Lipinski definition) is 4. The molecule has 1 heterocycles. The highest BCUT2D eigenvalue weighted by Crippen LogP contribution is 2.24. The number of pyridine rings is 1. The first-order valence-electron chi connectivity index (χ1n) is 6.17. The second kappa shape index (κ2) is 6.20. The second-order valence-electron chi connectivity index (χ2n) is 4.56. The summed E-state index contributed by atoms with van der Waals surface area (Å²) < 4.78 is 0. The lowest BCUT2D eigenvalue weighted by atomic mass is 10.1. The molecule has 2 atom stereocenters. The van der Waals surface area contributed by atoms with Crippen molar-refractivity contribution in [3.63, 3.8) is 0 Å². The van der Waals surface area contributed by atoms with Gasteiger partial charge in [-0.25, -0.2) is 4.98 Å². The molecule has 0 aliphatic heterocycles. The van der Waals surface area contributed by atoms with Crippen LogP contribution in [-0.4, -0.2) is 34.9 Å². The zero-order valence-corrected chi connectivity index (χ0v) is 11.2. The van der Waals surface area contributed by atoms with Gasteiger partial charge in [-0.3, -0.25) is 4.79 Å². The van der Waals surface area contributed by atoms with E-state index < -0.39 is 0 Å². The molecule has 5 heteroatoms. The van der Waals surface area contributed by atoms with Crippen LogP contribution in [0.15, 0.2) is 23.4 Å². The summed E-state index contributed by atoms with van der Waals surface area (Å²) in [5.74, 6) is 0.114. The lowest BCUT2D eigenvalue weighted by Crippen LogP contribution is -2.32. The van der Waals surface area contributed by atoms with Crippen LogP contribution in [0.3, 0.4) is 0 Å². The quantitative estimate of drug-likeness (QED) is 0.814. The third-order valence-corrected chi connectivity index (χ3v) is 3.99. The molecular weight excluding hydrogens is 248 g/mol. The van der Waals surface area contributed by atoms with Crippen LogP contribution in [0, 0.1) is 5.92 Å². The molecule has 2 rings (SSSR count). The Morgan fingerprint density at radius 2 is 2.44 bits per heavy atom. The minimum absolute atomic E-state index is 0.0909. The Hall–Kier alpha value is -1.07.